The summed E-state index contributed by atoms with van der Waals surface area (Å²) >= 11 is 1.74. The fraction of sp³-hybridized carbons (Fsp3) is 0.533. The molecule has 1 aromatic rings. The standard InChI is InChI=1S/C15H19FN2S/c16-12-6-2-3-7-13(12)18-14-17-10-15(11-19-14)8-4-1-5-9-15/h2-3,6-7H,1,4-5,8-11H2,(H,17,18). The number of nitrogens with one attached hydrogen (secondary N) is 1. The van der Waals surface area contributed by atoms with Crippen LogP contribution in [0.2, 0.25) is 0 Å². The van der Waals surface area contributed by atoms with E-state index in [2.05, 4.69) is 10.3 Å². The Labute approximate surface area is 117 Å². The number of halogens is 1. The van der Waals surface area contributed by atoms with Crippen LogP contribution in [0.1, 0.15) is 32.1 Å². The second-order valence-electron chi connectivity index (χ2n) is 5.58. The summed E-state index contributed by atoms with van der Waals surface area (Å²) in [6.45, 7) is 0.900. The summed E-state index contributed by atoms with van der Waals surface area (Å²) in [6, 6.07) is 6.76. The number of para-hydroxylation sites is 1. The number of rotatable bonds is 1. The van der Waals surface area contributed by atoms with Gasteiger partial charge in [0.25, 0.3) is 0 Å². The molecule has 2 aliphatic rings. The molecule has 1 aliphatic heterocycles. The first-order valence-corrected chi connectivity index (χ1v) is 7.95. The molecule has 1 aliphatic carbocycles. The van der Waals surface area contributed by atoms with Gasteiger partial charge >= 0.3 is 0 Å². The molecule has 3 rings (SSSR count). The molecule has 0 saturated heterocycles. The number of thioether (sulfide) groups is 1. The minimum absolute atomic E-state index is 0.219. The lowest BCUT2D eigenvalue weighted by Gasteiger charge is -2.38. The predicted molar refractivity (Wildman–Crippen MR) is 80.3 cm³/mol. The Morgan fingerprint density at radius 3 is 2.63 bits per heavy atom. The van der Waals surface area contributed by atoms with Crippen molar-refractivity contribution in [1.82, 2.24) is 0 Å². The van der Waals surface area contributed by atoms with Crippen molar-refractivity contribution in [3.8, 4) is 0 Å². The van der Waals surface area contributed by atoms with Crippen LogP contribution in [0, 0.1) is 11.2 Å². The van der Waals surface area contributed by atoms with Crippen molar-refractivity contribution in [1.29, 1.82) is 0 Å². The van der Waals surface area contributed by atoms with Gasteiger partial charge in [0.2, 0.25) is 0 Å². The van der Waals surface area contributed by atoms with Gasteiger partial charge in [0.15, 0.2) is 5.17 Å². The molecule has 1 spiro atoms. The molecule has 4 heteroatoms. The number of hydrogen-bond donors (Lipinski definition) is 1. The van der Waals surface area contributed by atoms with Crippen LogP contribution in [0.4, 0.5) is 10.1 Å². The Kier molecular flexibility index (Phi) is 3.78. The zero-order valence-corrected chi connectivity index (χ0v) is 11.8. The molecule has 1 fully saturated rings. The number of benzene rings is 1. The van der Waals surface area contributed by atoms with Gasteiger partial charge < -0.3 is 5.32 Å². The highest BCUT2D eigenvalue weighted by Crippen LogP contribution is 2.42. The summed E-state index contributed by atoms with van der Waals surface area (Å²) < 4.78 is 13.6. The molecule has 0 radical (unpaired) electrons. The van der Waals surface area contributed by atoms with E-state index in [1.165, 1.54) is 38.2 Å². The van der Waals surface area contributed by atoms with Crippen molar-refractivity contribution in [2.24, 2.45) is 10.4 Å². The average molecular weight is 278 g/mol. The lowest BCUT2D eigenvalue weighted by molar-refractivity contribution is 0.232. The highest BCUT2D eigenvalue weighted by Gasteiger charge is 2.34. The van der Waals surface area contributed by atoms with Gasteiger partial charge in [-0.05, 0) is 30.4 Å². The summed E-state index contributed by atoms with van der Waals surface area (Å²) in [7, 11) is 0. The molecule has 0 aromatic heterocycles. The highest BCUT2D eigenvalue weighted by molar-refractivity contribution is 8.14. The van der Waals surface area contributed by atoms with E-state index < -0.39 is 0 Å². The molecule has 0 atom stereocenters. The van der Waals surface area contributed by atoms with Gasteiger partial charge in [0.05, 0.1) is 5.69 Å². The second-order valence-corrected chi connectivity index (χ2v) is 6.54. The summed E-state index contributed by atoms with van der Waals surface area (Å²) in [4.78, 5) is 4.64. The summed E-state index contributed by atoms with van der Waals surface area (Å²) in [5.74, 6) is 0.900. The van der Waals surface area contributed by atoms with Gasteiger partial charge in [0, 0.05) is 12.3 Å². The Balaban J connectivity index is 1.66. The normalized spacial score (nSPS) is 22.1. The zero-order chi connectivity index (χ0) is 13.1. The Hall–Kier alpha value is -1.03. The summed E-state index contributed by atoms with van der Waals surface area (Å²) in [5.41, 5.74) is 0.942. The first kappa shape index (κ1) is 13.0. The number of amidine groups is 1. The van der Waals surface area contributed by atoms with Crippen molar-refractivity contribution in [2.45, 2.75) is 32.1 Å². The van der Waals surface area contributed by atoms with E-state index in [0.717, 1.165) is 17.5 Å². The molecule has 2 nitrogen and oxygen atoms in total. The molecule has 0 bridgehead atoms. The van der Waals surface area contributed by atoms with Crippen LogP contribution in [-0.2, 0) is 0 Å². The van der Waals surface area contributed by atoms with Gasteiger partial charge in [-0.25, -0.2) is 4.39 Å². The fourth-order valence-corrected chi connectivity index (χ4v) is 4.07. The van der Waals surface area contributed by atoms with E-state index in [-0.39, 0.29) is 5.82 Å². The molecule has 102 valence electrons. The van der Waals surface area contributed by atoms with Crippen LogP contribution in [0.15, 0.2) is 29.3 Å². The van der Waals surface area contributed by atoms with Crippen molar-refractivity contribution < 1.29 is 4.39 Å². The number of anilines is 1. The third-order valence-electron chi connectivity index (χ3n) is 4.10. The van der Waals surface area contributed by atoms with Crippen molar-refractivity contribution in [3.05, 3.63) is 30.1 Å². The van der Waals surface area contributed by atoms with Crippen molar-refractivity contribution in [3.63, 3.8) is 0 Å². The summed E-state index contributed by atoms with van der Waals surface area (Å²) in [6.07, 6.45) is 6.65. The molecule has 0 amide bonds. The molecule has 1 heterocycles. The van der Waals surface area contributed by atoms with E-state index in [4.69, 9.17) is 0 Å². The Bertz CT molecular complexity index is 481. The third kappa shape index (κ3) is 2.94. The van der Waals surface area contributed by atoms with Crippen LogP contribution in [0.5, 0.6) is 0 Å². The largest absolute Gasteiger partial charge is 0.333 e. The lowest BCUT2D eigenvalue weighted by Crippen LogP contribution is -2.35. The van der Waals surface area contributed by atoms with E-state index in [1.807, 2.05) is 6.07 Å². The second kappa shape index (κ2) is 5.53. The van der Waals surface area contributed by atoms with Gasteiger partial charge in [-0.3, -0.25) is 4.99 Å². The molecule has 1 N–H and O–H groups in total. The maximum absolute atomic E-state index is 13.6. The fourth-order valence-electron chi connectivity index (χ4n) is 2.91. The minimum atomic E-state index is -0.219. The van der Waals surface area contributed by atoms with Crippen LogP contribution in [0.25, 0.3) is 0 Å². The molecule has 19 heavy (non-hydrogen) atoms. The molecular formula is C15H19FN2S. The maximum atomic E-state index is 13.6. The van der Waals surface area contributed by atoms with Crippen molar-refractivity contribution >= 4 is 22.6 Å². The number of hydrogen-bond acceptors (Lipinski definition) is 3. The summed E-state index contributed by atoms with van der Waals surface area (Å²) in [5, 5.41) is 3.97. The van der Waals surface area contributed by atoms with Crippen LogP contribution >= 0.6 is 11.8 Å². The highest BCUT2D eigenvalue weighted by atomic mass is 32.2. The van der Waals surface area contributed by atoms with Gasteiger partial charge in [-0.15, -0.1) is 0 Å². The first-order valence-electron chi connectivity index (χ1n) is 6.96. The van der Waals surface area contributed by atoms with Crippen LogP contribution < -0.4 is 5.32 Å². The van der Waals surface area contributed by atoms with Gasteiger partial charge in [0.1, 0.15) is 5.82 Å². The molecule has 0 unspecified atom stereocenters. The molecule has 1 aromatic carbocycles. The maximum Gasteiger partial charge on any atom is 0.161 e. The van der Waals surface area contributed by atoms with E-state index in [9.17, 15) is 4.39 Å². The zero-order valence-electron chi connectivity index (χ0n) is 11.0. The molecular weight excluding hydrogens is 259 g/mol. The van der Waals surface area contributed by atoms with Crippen LogP contribution in [-0.4, -0.2) is 17.5 Å². The SMILES string of the molecule is Fc1ccccc1NC1=NCC2(CCCCC2)CS1. The smallest absolute Gasteiger partial charge is 0.161 e. The van der Waals surface area contributed by atoms with E-state index in [1.54, 1.807) is 23.9 Å². The molecule has 1 saturated carbocycles. The first-order chi connectivity index (χ1) is 9.27. The Morgan fingerprint density at radius 1 is 1.16 bits per heavy atom. The van der Waals surface area contributed by atoms with E-state index in [0.29, 0.717) is 11.1 Å². The topological polar surface area (TPSA) is 24.4 Å². The van der Waals surface area contributed by atoms with Gasteiger partial charge in [-0.1, -0.05) is 43.2 Å². The van der Waals surface area contributed by atoms with Gasteiger partial charge in [-0.2, -0.15) is 0 Å². The lowest BCUT2D eigenvalue weighted by atomic mass is 9.75. The predicted octanol–water partition coefficient (Wildman–Crippen LogP) is 4.29. The van der Waals surface area contributed by atoms with Crippen molar-refractivity contribution in [2.75, 3.05) is 17.6 Å². The van der Waals surface area contributed by atoms with E-state index >= 15 is 0 Å². The quantitative estimate of drug-likeness (QED) is 0.828. The Morgan fingerprint density at radius 2 is 1.95 bits per heavy atom. The third-order valence-corrected chi connectivity index (χ3v) is 5.36. The minimum Gasteiger partial charge on any atom is -0.333 e. The number of nitrogens with zero attached hydrogens (tertiary/aromatic N) is 1. The average Bonchev–Trinajstić information content (AvgIpc) is 2.45. The monoisotopic (exact) mass is 278 g/mol. The number of aliphatic imine (C=N–C) groups is 1. The van der Waals surface area contributed by atoms with Crippen LogP contribution in [0.3, 0.4) is 0 Å².